The molecule has 0 radical (unpaired) electrons. The number of nitrogens with one attached hydrogen (secondary N) is 2. The molecule has 170 valence electrons. The molecule has 1 amide bonds. The molecule has 0 atom stereocenters. The van der Waals surface area contributed by atoms with E-state index in [1.807, 2.05) is 24.3 Å². The summed E-state index contributed by atoms with van der Waals surface area (Å²) < 4.78 is 10.7. The van der Waals surface area contributed by atoms with Crippen molar-refractivity contribution in [3.8, 4) is 11.5 Å². The van der Waals surface area contributed by atoms with Crippen LogP contribution >= 0.6 is 0 Å². The molecule has 2 N–H and O–H groups in total. The van der Waals surface area contributed by atoms with E-state index in [-0.39, 0.29) is 17.9 Å². The van der Waals surface area contributed by atoms with Crippen molar-refractivity contribution in [3.63, 3.8) is 0 Å². The highest BCUT2D eigenvalue weighted by atomic mass is 16.7. The maximum absolute atomic E-state index is 12.6. The lowest BCUT2D eigenvalue weighted by molar-refractivity contribution is 0.0949. The lowest BCUT2D eigenvalue weighted by atomic mass is 9.89. The number of aromatic amines is 1. The number of hydrogen-bond donors (Lipinski definition) is 2. The van der Waals surface area contributed by atoms with Crippen molar-refractivity contribution in [2.75, 3.05) is 19.9 Å². The van der Waals surface area contributed by atoms with Crippen molar-refractivity contribution in [1.29, 1.82) is 0 Å². The van der Waals surface area contributed by atoms with Crippen LogP contribution in [0.3, 0.4) is 0 Å². The fourth-order valence-electron chi connectivity index (χ4n) is 4.50. The van der Waals surface area contributed by atoms with Gasteiger partial charge in [-0.2, -0.15) is 0 Å². The minimum absolute atomic E-state index is 0.113. The molecule has 0 aliphatic carbocycles. The van der Waals surface area contributed by atoms with Crippen LogP contribution in [0.5, 0.6) is 11.5 Å². The number of carbonyl (C=O) groups is 1. The van der Waals surface area contributed by atoms with E-state index in [4.69, 9.17) is 9.47 Å². The number of rotatable bonds is 6. The molecule has 33 heavy (non-hydrogen) atoms. The summed E-state index contributed by atoms with van der Waals surface area (Å²) in [5.74, 6) is 1.56. The first-order chi connectivity index (χ1) is 16.2. The van der Waals surface area contributed by atoms with Gasteiger partial charge in [0, 0.05) is 18.8 Å². The lowest BCUT2D eigenvalue weighted by Gasteiger charge is -2.32. The molecule has 7 nitrogen and oxygen atoms in total. The number of likely N-dealkylation sites (tertiary alicyclic amines) is 1. The zero-order valence-electron chi connectivity index (χ0n) is 18.4. The predicted molar refractivity (Wildman–Crippen MR) is 124 cm³/mol. The van der Waals surface area contributed by atoms with Crippen LogP contribution in [-0.4, -0.2) is 35.7 Å². The number of ether oxygens (including phenoxy) is 2. The number of pyridine rings is 1. The van der Waals surface area contributed by atoms with Crippen LogP contribution in [-0.2, 0) is 13.1 Å². The summed E-state index contributed by atoms with van der Waals surface area (Å²) in [5, 5.41) is 2.80. The number of fused-ring (bicyclic) bond motifs is 1. The summed E-state index contributed by atoms with van der Waals surface area (Å²) in [5.41, 5.74) is 2.85. The highest BCUT2D eigenvalue weighted by molar-refractivity contribution is 5.93. The SMILES string of the molecule is O=C(NCc1ccc2c(c1)OCO2)c1ccc(CN2CCC(c3ccccc3)CC2)[nH]c1=O. The molecule has 1 fully saturated rings. The molecular formula is C26H27N3O4. The molecule has 2 aliphatic rings. The highest BCUT2D eigenvalue weighted by Crippen LogP contribution is 2.32. The summed E-state index contributed by atoms with van der Waals surface area (Å²) in [6, 6.07) is 19.6. The molecule has 7 heteroatoms. The molecule has 3 heterocycles. The molecular weight excluding hydrogens is 418 g/mol. The molecule has 1 saturated heterocycles. The third kappa shape index (κ3) is 4.93. The van der Waals surface area contributed by atoms with E-state index in [1.54, 1.807) is 6.07 Å². The molecule has 0 spiro atoms. The summed E-state index contributed by atoms with van der Waals surface area (Å²) in [6.07, 6.45) is 2.21. The standard InChI is InChI=1S/C26H27N3O4/c30-25(27-15-18-6-9-23-24(14-18)33-17-32-23)22-8-7-21(28-26(22)31)16-29-12-10-20(11-13-29)19-4-2-1-3-5-19/h1-9,14,20H,10-13,15-17H2,(H,27,30)(H,28,31). The largest absolute Gasteiger partial charge is 0.454 e. The van der Waals surface area contributed by atoms with E-state index < -0.39 is 5.91 Å². The minimum atomic E-state index is -0.399. The van der Waals surface area contributed by atoms with Gasteiger partial charge in [-0.15, -0.1) is 0 Å². The Hall–Kier alpha value is -3.58. The smallest absolute Gasteiger partial charge is 0.261 e. The van der Waals surface area contributed by atoms with E-state index in [1.165, 1.54) is 5.56 Å². The van der Waals surface area contributed by atoms with Gasteiger partial charge in [-0.05, 0) is 67.2 Å². The van der Waals surface area contributed by atoms with Gasteiger partial charge in [0.1, 0.15) is 5.56 Å². The van der Waals surface area contributed by atoms with Crippen LogP contribution in [0.15, 0.2) is 65.5 Å². The Morgan fingerprint density at radius 1 is 1.00 bits per heavy atom. The van der Waals surface area contributed by atoms with Crippen LogP contribution < -0.4 is 20.3 Å². The fraction of sp³-hybridized carbons (Fsp3) is 0.308. The lowest BCUT2D eigenvalue weighted by Crippen LogP contribution is -2.34. The topological polar surface area (TPSA) is 83.7 Å². The molecule has 0 unspecified atom stereocenters. The van der Waals surface area contributed by atoms with Gasteiger partial charge in [-0.1, -0.05) is 36.4 Å². The van der Waals surface area contributed by atoms with Gasteiger partial charge in [0.05, 0.1) is 0 Å². The van der Waals surface area contributed by atoms with Gasteiger partial charge in [0.2, 0.25) is 6.79 Å². The van der Waals surface area contributed by atoms with E-state index >= 15 is 0 Å². The molecule has 5 rings (SSSR count). The van der Waals surface area contributed by atoms with Crippen molar-refractivity contribution in [2.45, 2.75) is 31.8 Å². The summed E-state index contributed by atoms with van der Waals surface area (Å²) in [7, 11) is 0. The molecule has 2 aromatic carbocycles. The Balaban J connectivity index is 1.15. The number of carbonyl (C=O) groups excluding carboxylic acids is 1. The number of hydrogen-bond acceptors (Lipinski definition) is 5. The third-order valence-electron chi connectivity index (χ3n) is 6.36. The van der Waals surface area contributed by atoms with Crippen molar-refractivity contribution in [2.24, 2.45) is 0 Å². The van der Waals surface area contributed by atoms with Gasteiger partial charge in [0.25, 0.3) is 11.5 Å². The number of nitrogens with zero attached hydrogens (tertiary/aromatic N) is 1. The van der Waals surface area contributed by atoms with Crippen LogP contribution in [0.4, 0.5) is 0 Å². The minimum Gasteiger partial charge on any atom is -0.454 e. The Morgan fingerprint density at radius 2 is 1.79 bits per heavy atom. The van der Waals surface area contributed by atoms with Crippen LogP contribution in [0.2, 0.25) is 0 Å². The summed E-state index contributed by atoms with van der Waals surface area (Å²) in [6.45, 7) is 3.15. The first kappa shape index (κ1) is 21.3. The van der Waals surface area contributed by atoms with Crippen LogP contribution in [0.25, 0.3) is 0 Å². The third-order valence-corrected chi connectivity index (χ3v) is 6.36. The van der Waals surface area contributed by atoms with Crippen molar-refractivity contribution in [3.05, 3.63) is 93.4 Å². The van der Waals surface area contributed by atoms with Gasteiger partial charge < -0.3 is 19.8 Å². The number of aromatic nitrogens is 1. The Labute approximate surface area is 192 Å². The number of amides is 1. The summed E-state index contributed by atoms with van der Waals surface area (Å²) in [4.78, 5) is 30.3. The van der Waals surface area contributed by atoms with Crippen LogP contribution in [0.1, 0.15) is 45.9 Å². The second-order valence-corrected chi connectivity index (χ2v) is 8.56. The number of H-pyrrole nitrogens is 1. The zero-order valence-corrected chi connectivity index (χ0v) is 18.4. The summed E-state index contributed by atoms with van der Waals surface area (Å²) >= 11 is 0. The Kier molecular flexibility index (Phi) is 6.13. The highest BCUT2D eigenvalue weighted by Gasteiger charge is 2.21. The Bertz CT molecular complexity index is 1180. The average molecular weight is 446 g/mol. The first-order valence-electron chi connectivity index (χ1n) is 11.3. The van der Waals surface area contributed by atoms with Crippen molar-refractivity contribution < 1.29 is 14.3 Å². The van der Waals surface area contributed by atoms with E-state index in [2.05, 4.69) is 45.5 Å². The Morgan fingerprint density at radius 3 is 2.58 bits per heavy atom. The van der Waals surface area contributed by atoms with Gasteiger partial charge in [0.15, 0.2) is 11.5 Å². The quantitative estimate of drug-likeness (QED) is 0.608. The van der Waals surface area contributed by atoms with E-state index in [9.17, 15) is 9.59 Å². The van der Waals surface area contributed by atoms with E-state index in [0.717, 1.165) is 37.2 Å². The number of benzene rings is 2. The fourth-order valence-corrected chi connectivity index (χ4v) is 4.50. The van der Waals surface area contributed by atoms with Gasteiger partial charge in [-0.3, -0.25) is 14.5 Å². The average Bonchev–Trinajstić information content (AvgIpc) is 3.32. The van der Waals surface area contributed by atoms with Crippen LogP contribution in [0, 0.1) is 0 Å². The maximum Gasteiger partial charge on any atom is 0.261 e. The zero-order chi connectivity index (χ0) is 22.6. The second-order valence-electron chi connectivity index (χ2n) is 8.56. The monoisotopic (exact) mass is 445 g/mol. The number of piperidine rings is 1. The van der Waals surface area contributed by atoms with Crippen molar-refractivity contribution in [1.82, 2.24) is 15.2 Å². The molecule has 0 bridgehead atoms. The molecule has 0 saturated carbocycles. The van der Waals surface area contributed by atoms with Gasteiger partial charge in [-0.25, -0.2) is 0 Å². The van der Waals surface area contributed by atoms with Crippen molar-refractivity contribution >= 4 is 5.91 Å². The van der Waals surface area contributed by atoms with Gasteiger partial charge >= 0.3 is 0 Å². The second kappa shape index (κ2) is 9.50. The first-order valence-corrected chi connectivity index (χ1v) is 11.3. The molecule has 2 aliphatic heterocycles. The maximum atomic E-state index is 12.6. The predicted octanol–water partition coefficient (Wildman–Crippen LogP) is 3.41. The molecule has 1 aromatic heterocycles. The van der Waals surface area contributed by atoms with E-state index in [0.29, 0.717) is 30.5 Å². The normalized spacial score (nSPS) is 16.0. The molecule has 3 aromatic rings.